The molecule has 1 atom stereocenters. The highest BCUT2D eigenvalue weighted by Crippen LogP contribution is 2.16. The molecule has 1 N–H and O–H groups in total. The summed E-state index contributed by atoms with van der Waals surface area (Å²) in [5.41, 5.74) is 0. The molecule has 0 aromatic heterocycles. The second kappa shape index (κ2) is 9.87. The van der Waals surface area contributed by atoms with Gasteiger partial charge >= 0.3 is 0 Å². The van der Waals surface area contributed by atoms with Gasteiger partial charge in [-0.1, -0.05) is 6.42 Å². The average Bonchev–Trinajstić information content (AvgIpc) is 2.59. The summed E-state index contributed by atoms with van der Waals surface area (Å²) in [6.07, 6.45) is 5.18. The summed E-state index contributed by atoms with van der Waals surface area (Å²) >= 11 is 0. The van der Waals surface area contributed by atoms with Gasteiger partial charge in [-0.2, -0.15) is 0 Å². The van der Waals surface area contributed by atoms with Crippen LogP contribution >= 0.6 is 0 Å². The van der Waals surface area contributed by atoms with Crippen LogP contribution in [0.4, 0.5) is 0 Å². The van der Waals surface area contributed by atoms with Crippen molar-refractivity contribution in [2.45, 2.75) is 52.5 Å². The van der Waals surface area contributed by atoms with Crippen molar-refractivity contribution in [2.75, 3.05) is 52.4 Å². The molecule has 0 bridgehead atoms. The Morgan fingerprint density at radius 1 is 1.12 bits per heavy atom. The van der Waals surface area contributed by atoms with Gasteiger partial charge in [0.2, 0.25) is 5.91 Å². The van der Waals surface area contributed by atoms with Crippen LogP contribution in [0.25, 0.3) is 0 Å². The number of amides is 1. The lowest BCUT2D eigenvalue weighted by Crippen LogP contribution is -2.53. The molecule has 0 aliphatic carbocycles. The van der Waals surface area contributed by atoms with Crippen LogP contribution in [0.2, 0.25) is 0 Å². The van der Waals surface area contributed by atoms with E-state index in [0.717, 1.165) is 64.2 Å². The number of hydrogen-bond acceptors (Lipinski definition) is 3. The van der Waals surface area contributed by atoms with Crippen LogP contribution < -0.4 is 5.32 Å². The van der Waals surface area contributed by atoms with Crippen LogP contribution in [-0.4, -0.2) is 85.0 Å². The third kappa shape index (κ3) is 5.65. The molecule has 6 nitrogen and oxygen atoms in total. The summed E-state index contributed by atoms with van der Waals surface area (Å²) in [5.74, 6) is 1.18. The van der Waals surface area contributed by atoms with Crippen molar-refractivity contribution in [3.05, 3.63) is 0 Å². The minimum absolute atomic E-state index is 0.173. The first-order valence-electron chi connectivity index (χ1n) is 9.64. The topological polar surface area (TPSA) is 51.2 Å². The fourth-order valence-electron chi connectivity index (χ4n) is 3.61. The Hall–Kier alpha value is -1.30. The maximum atomic E-state index is 11.4. The van der Waals surface area contributed by atoms with Crippen LogP contribution in [0.3, 0.4) is 0 Å². The molecule has 138 valence electrons. The minimum Gasteiger partial charge on any atom is -0.357 e. The first kappa shape index (κ1) is 19.0. The van der Waals surface area contributed by atoms with Gasteiger partial charge in [0.1, 0.15) is 0 Å². The number of guanidine groups is 1. The van der Waals surface area contributed by atoms with E-state index >= 15 is 0 Å². The van der Waals surface area contributed by atoms with Crippen LogP contribution in [0.15, 0.2) is 4.99 Å². The highest BCUT2D eigenvalue weighted by atomic mass is 16.2. The van der Waals surface area contributed by atoms with Crippen molar-refractivity contribution in [3.8, 4) is 0 Å². The Bertz CT molecular complexity index is 418. The smallest absolute Gasteiger partial charge is 0.219 e. The zero-order chi connectivity index (χ0) is 17.4. The van der Waals surface area contributed by atoms with Gasteiger partial charge in [-0.15, -0.1) is 0 Å². The highest BCUT2D eigenvalue weighted by molar-refractivity contribution is 5.80. The molecule has 2 rings (SSSR count). The zero-order valence-corrected chi connectivity index (χ0v) is 15.8. The van der Waals surface area contributed by atoms with Crippen molar-refractivity contribution in [1.82, 2.24) is 20.0 Å². The number of piperidine rings is 1. The Morgan fingerprint density at radius 3 is 2.46 bits per heavy atom. The second-order valence-corrected chi connectivity index (χ2v) is 6.96. The first-order valence-corrected chi connectivity index (χ1v) is 9.64. The average molecular weight is 338 g/mol. The number of carbonyl (C=O) groups excluding carboxylic acids is 1. The standard InChI is InChI=1S/C18H35N5O/c1-4-19-18(23-14-12-22(13-15-23)17(3)24)20-9-7-11-21-10-6-5-8-16(21)2/h16H,4-15H2,1-3H3,(H,19,20). The van der Waals surface area contributed by atoms with Gasteiger partial charge in [0.25, 0.3) is 0 Å². The molecule has 1 unspecified atom stereocenters. The molecule has 0 radical (unpaired) electrons. The Morgan fingerprint density at radius 2 is 1.83 bits per heavy atom. The maximum Gasteiger partial charge on any atom is 0.219 e. The van der Waals surface area contributed by atoms with Crippen molar-refractivity contribution < 1.29 is 4.79 Å². The van der Waals surface area contributed by atoms with Crippen LogP contribution in [0.1, 0.15) is 46.5 Å². The number of nitrogens with one attached hydrogen (secondary N) is 1. The predicted octanol–water partition coefficient (Wildman–Crippen LogP) is 1.38. The van der Waals surface area contributed by atoms with E-state index < -0.39 is 0 Å². The van der Waals surface area contributed by atoms with Crippen molar-refractivity contribution in [2.24, 2.45) is 4.99 Å². The number of likely N-dealkylation sites (tertiary alicyclic amines) is 1. The van der Waals surface area contributed by atoms with Gasteiger partial charge in [-0.3, -0.25) is 9.79 Å². The summed E-state index contributed by atoms with van der Waals surface area (Å²) in [6.45, 7) is 13.6. The lowest BCUT2D eigenvalue weighted by molar-refractivity contribution is -0.130. The Labute approximate surface area is 147 Å². The molecule has 2 saturated heterocycles. The molecule has 6 heteroatoms. The molecule has 0 aromatic rings. The van der Waals surface area contributed by atoms with E-state index in [1.807, 2.05) is 4.90 Å². The molecule has 24 heavy (non-hydrogen) atoms. The van der Waals surface area contributed by atoms with E-state index in [4.69, 9.17) is 4.99 Å². The minimum atomic E-state index is 0.173. The third-order valence-corrected chi connectivity index (χ3v) is 5.17. The Balaban J connectivity index is 1.77. The fraction of sp³-hybridized carbons (Fsp3) is 0.889. The SMILES string of the molecule is CCNC(=NCCCN1CCCCC1C)N1CCN(C(C)=O)CC1. The quantitative estimate of drug-likeness (QED) is 0.468. The zero-order valence-electron chi connectivity index (χ0n) is 15.8. The monoisotopic (exact) mass is 337 g/mol. The number of rotatable bonds is 5. The van der Waals surface area contributed by atoms with E-state index in [1.54, 1.807) is 6.92 Å². The third-order valence-electron chi connectivity index (χ3n) is 5.17. The number of hydrogen-bond donors (Lipinski definition) is 1. The maximum absolute atomic E-state index is 11.4. The molecule has 2 heterocycles. The Kier molecular flexibility index (Phi) is 7.82. The van der Waals surface area contributed by atoms with E-state index in [9.17, 15) is 4.79 Å². The summed E-state index contributed by atoms with van der Waals surface area (Å²) in [4.78, 5) is 23.1. The van der Waals surface area contributed by atoms with Gasteiger partial charge in [-0.05, 0) is 39.7 Å². The van der Waals surface area contributed by atoms with E-state index in [-0.39, 0.29) is 5.91 Å². The van der Waals surface area contributed by atoms with Crippen LogP contribution in [0.5, 0.6) is 0 Å². The fourth-order valence-corrected chi connectivity index (χ4v) is 3.61. The molecule has 0 aromatic carbocycles. The lowest BCUT2D eigenvalue weighted by atomic mass is 10.0. The number of aliphatic imine (C=N–C) groups is 1. The van der Waals surface area contributed by atoms with Crippen LogP contribution in [0, 0.1) is 0 Å². The van der Waals surface area contributed by atoms with Crippen molar-refractivity contribution in [1.29, 1.82) is 0 Å². The second-order valence-electron chi connectivity index (χ2n) is 6.96. The van der Waals surface area contributed by atoms with Gasteiger partial charge in [0, 0.05) is 58.8 Å². The molecule has 0 spiro atoms. The van der Waals surface area contributed by atoms with Crippen molar-refractivity contribution >= 4 is 11.9 Å². The van der Waals surface area contributed by atoms with Gasteiger partial charge in [-0.25, -0.2) is 0 Å². The van der Waals surface area contributed by atoms with Gasteiger partial charge in [0.15, 0.2) is 5.96 Å². The summed E-state index contributed by atoms with van der Waals surface area (Å²) in [7, 11) is 0. The molecule has 1 amide bonds. The molecule has 2 aliphatic heterocycles. The number of piperazine rings is 1. The van der Waals surface area contributed by atoms with E-state index in [2.05, 4.69) is 29.0 Å². The van der Waals surface area contributed by atoms with Crippen LogP contribution in [-0.2, 0) is 4.79 Å². The van der Waals surface area contributed by atoms with Gasteiger partial charge < -0.3 is 20.0 Å². The van der Waals surface area contributed by atoms with E-state index in [0.29, 0.717) is 0 Å². The normalized spacial score (nSPS) is 23.5. The molecule has 2 aliphatic rings. The molecule has 2 fully saturated rings. The lowest BCUT2D eigenvalue weighted by Gasteiger charge is -2.36. The largest absolute Gasteiger partial charge is 0.357 e. The van der Waals surface area contributed by atoms with Gasteiger partial charge in [0.05, 0.1) is 0 Å². The molecular formula is C18H35N5O. The predicted molar refractivity (Wildman–Crippen MR) is 99.3 cm³/mol. The summed E-state index contributed by atoms with van der Waals surface area (Å²) in [5, 5.41) is 3.40. The molecule has 0 saturated carbocycles. The van der Waals surface area contributed by atoms with Crippen molar-refractivity contribution in [3.63, 3.8) is 0 Å². The number of carbonyl (C=O) groups is 1. The summed E-state index contributed by atoms with van der Waals surface area (Å²) in [6, 6.07) is 0.732. The number of nitrogens with zero attached hydrogens (tertiary/aromatic N) is 4. The molecular weight excluding hydrogens is 302 g/mol. The van der Waals surface area contributed by atoms with E-state index in [1.165, 1.54) is 25.8 Å². The highest BCUT2D eigenvalue weighted by Gasteiger charge is 2.21. The summed E-state index contributed by atoms with van der Waals surface area (Å²) < 4.78 is 0. The first-order chi connectivity index (χ1) is 11.6.